The molecule has 0 amide bonds. The summed E-state index contributed by atoms with van der Waals surface area (Å²) >= 11 is 0. The second kappa shape index (κ2) is 5.62. The average Bonchev–Trinajstić information content (AvgIpc) is 2.55. The van der Waals surface area contributed by atoms with Crippen molar-refractivity contribution >= 4 is 10.0 Å². The standard InChI is InChI=1S/C19H21NO2S/c1-4-19(3)14-20(13-16-7-5-6-8-18(16)19)23(21,22)17-11-9-15(2)10-12-17/h4-12H,1,13-14H2,2-3H3. The Kier molecular flexibility index (Phi) is 3.90. The minimum Gasteiger partial charge on any atom is -0.207 e. The molecule has 0 saturated carbocycles. The molecule has 2 aromatic carbocycles. The molecule has 4 heteroatoms. The van der Waals surface area contributed by atoms with Crippen LogP contribution < -0.4 is 0 Å². The number of aryl methyl sites for hydroxylation is 1. The molecule has 1 atom stereocenters. The first-order valence-electron chi connectivity index (χ1n) is 7.66. The number of nitrogens with zero attached hydrogens (tertiary/aromatic N) is 1. The molecule has 3 nitrogen and oxygen atoms in total. The average molecular weight is 327 g/mol. The Hall–Kier alpha value is -1.91. The molecule has 1 aliphatic rings. The summed E-state index contributed by atoms with van der Waals surface area (Å²) in [4.78, 5) is 0.342. The minimum atomic E-state index is -3.52. The molecule has 0 spiro atoms. The van der Waals surface area contributed by atoms with E-state index >= 15 is 0 Å². The van der Waals surface area contributed by atoms with Crippen molar-refractivity contribution in [1.29, 1.82) is 0 Å². The van der Waals surface area contributed by atoms with Crippen LogP contribution in [0.25, 0.3) is 0 Å². The van der Waals surface area contributed by atoms with E-state index in [4.69, 9.17) is 0 Å². The first kappa shape index (κ1) is 16.0. The first-order chi connectivity index (χ1) is 10.9. The van der Waals surface area contributed by atoms with E-state index in [0.29, 0.717) is 18.0 Å². The second-order valence-corrected chi connectivity index (χ2v) is 8.30. The highest BCUT2D eigenvalue weighted by Gasteiger charge is 2.38. The quantitative estimate of drug-likeness (QED) is 0.807. The van der Waals surface area contributed by atoms with Gasteiger partial charge in [0.25, 0.3) is 0 Å². The molecule has 23 heavy (non-hydrogen) atoms. The number of sulfonamides is 1. The highest BCUT2D eigenvalue weighted by molar-refractivity contribution is 7.89. The van der Waals surface area contributed by atoms with Crippen LogP contribution in [0.2, 0.25) is 0 Å². The molecular formula is C19H21NO2S. The van der Waals surface area contributed by atoms with E-state index in [-0.39, 0.29) is 5.41 Å². The van der Waals surface area contributed by atoms with Gasteiger partial charge in [-0.25, -0.2) is 8.42 Å². The molecule has 2 aromatic rings. The maximum atomic E-state index is 13.0. The molecule has 0 N–H and O–H groups in total. The molecule has 1 heterocycles. The molecule has 0 aliphatic carbocycles. The Morgan fingerprint density at radius 2 is 1.78 bits per heavy atom. The van der Waals surface area contributed by atoms with Gasteiger partial charge < -0.3 is 0 Å². The van der Waals surface area contributed by atoms with Crippen LogP contribution >= 0.6 is 0 Å². The Balaban J connectivity index is 2.05. The van der Waals surface area contributed by atoms with Crippen LogP contribution in [0.15, 0.2) is 66.1 Å². The predicted molar refractivity (Wildman–Crippen MR) is 92.8 cm³/mol. The van der Waals surface area contributed by atoms with Crippen LogP contribution in [0.1, 0.15) is 23.6 Å². The van der Waals surface area contributed by atoms with E-state index in [1.807, 2.05) is 50.3 Å². The molecule has 0 saturated heterocycles. The smallest absolute Gasteiger partial charge is 0.207 e. The zero-order chi connectivity index (χ0) is 16.7. The van der Waals surface area contributed by atoms with Gasteiger partial charge in [0.05, 0.1) is 4.90 Å². The van der Waals surface area contributed by atoms with Gasteiger partial charge in [-0.2, -0.15) is 4.31 Å². The van der Waals surface area contributed by atoms with E-state index < -0.39 is 10.0 Å². The van der Waals surface area contributed by atoms with Crippen LogP contribution in [0, 0.1) is 6.92 Å². The van der Waals surface area contributed by atoms with Crippen LogP contribution in [-0.2, 0) is 22.0 Å². The van der Waals surface area contributed by atoms with Gasteiger partial charge in [0.15, 0.2) is 0 Å². The Morgan fingerprint density at radius 3 is 2.43 bits per heavy atom. The third-order valence-corrected chi connectivity index (χ3v) is 6.40. The van der Waals surface area contributed by atoms with Crippen molar-refractivity contribution in [3.63, 3.8) is 0 Å². The highest BCUT2D eigenvalue weighted by atomic mass is 32.2. The predicted octanol–water partition coefficient (Wildman–Crippen LogP) is 3.64. The number of benzene rings is 2. The van der Waals surface area contributed by atoms with Gasteiger partial charge in [-0.1, -0.05) is 55.0 Å². The van der Waals surface area contributed by atoms with Crippen LogP contribution in [0.3, 0.4) is 0 Å². The summed E-state index contributed by atoms with van der Waals surface area (Å²) in [5, 5.41) is 0. The molecule has 0 bridgehead atoms. The molecule has 0 radical (unpaired) electrons. The highest BCUT2D eigenvalue weighted by Crippen LogP contribution is 2.36. The maximum Gasteiger partial charge on any atom is 0.243 e. The van der Waals surface area contributed by atoms with Crippen LogP contribution in [0.4, 0.5) is 0 Å². The SMILES string of the molecule is C=CC1(C)CN(S(=O)(=O)c2ccc(C)cc2)Cc2ccccc21. The Morgan fingerprint density at radius 1 is 1.13 bits per heavy atom. The summed E-state index contributed by atoms with van der Waals surface area (Å²) in [6.45, 7) is 8.72. The lowest BCUT2D eigenvalue weighted by atomic mass is 9.77. The summed E-state index contributed by atoms with van der Waals surface area (Å²) in [6, 6.07) is 15.0. The fraction of sp³-hybridized carbons (Fsp3) is 0.263. The topological polar surface area (TPSA) is 37.4 Å². The van der Waals surface area contributed by atoms with E-state index in [1.54, 1.807) is 16.4 Å². The van der Waals surface area contributed by atoms with Crippen molar-refractivity contribution in [3.8, 4) is 0 Å². The molecule has 3 rings (SSSR count). The fourth-order valence-electron chi connectivity index (χ4n) is 3.12. The van der Waals surface area contributed by atoms with Crippen LogP contribution in [-0.4, -0.2) is 19.3 Å². The summed E-state index contributed by atoms with van der Waals surface area (Å²) < 4.78 is 27.6. The Labute approximate surface area is 138 Å². The minimum absolute atomic E-state index is 0.342. The summed E-state index contributed by atoms with van der Waals surface area (Å²) in [7, 11) is -3.52. The number of hydrogen-bond donors (Lipinski definition) is 0. The molecule has 0 fully saturated rings. The van der Waals surface area contributed by atoms with Gasteiger partial charge in [0.1, 0.15) is 0 Å². The van der Waals surface area contributed by atoms with Gasteiger partial charge in [-0.15, -0.1) is 6.58 Å². The first-order valence-corrected chi connectivity index (χ1v) is 9.10. The van der Waals surface area contributed by atoms with Crippen molar-refractivity contribution in [3.05, 3.63) is 77.9 Å². The number of hydrogen-bond acceptors (Lipinski definition) is 2. The van der Waals surface area contributed by atoms with Gasteiger partial charge in [-0.3, -0.25) is 0 Å². The van der Waals surface area contributed by atoms with Crippen molar-refractivity contribution < 1.29 is 8.42 Å². The Bertz CT molecular complexity index is 840. The maximum absolute atomic E-state index is 13.0. The third kappa shape index (κ3) is 2.73. The van der Waals surface area contributed by atoms with Gasteiger partial charge in [0, 0.05) is 18.5 Å². The number of rotatable bonds is 3. The van der Waals surface area contributed by atoms with Gasteiger partial charge in [-0.05, 0) is 30.2 Å². The lowest BCUT2D eigenvalue weighted by Gasteiger charge is -2.39. The lowest BCUT2D eigenvalue weighted by molar-refractivity contribution is 0.322. The summed E-state index contributed by atoms with van der Waals surface area (Å²) in [6.07, 6.45) is 1.85. The largest absolute Gasteiger partial charge is 0.243 e. The number of fused-ring (bicyclic) bond motifs is 1. The van der Waals surface area contributed by atoms with Crippen molar-refractivity contribution in [1.82, 2.24) is 4.31 Å². The molecule has 120 valence electrons. The lowest BCUT2D eigenvalue weighted by Crippen LogP contribution is -2.45. The molecule has 0 aromatic heterocycles. The molecule has 1 unspecified atom stereocenters. The zero-order valence-corrected chi connectivity index (χ0v) is 14.3. The van der Waals surface area contributed by atoms with E-state index in [9.17, 15) is 8.42 Å². The van der Waals surface area contributed by atoms with Crippen molar-refractivity contribution in [2.45, 2.75) is 30.7 Å². The van der Waals surface area contributed by atoms with E-state index in [2.05, 4.69) is 12.6 Å². The summed E-state index contributed by atoms with van der Waals surface area (Å²) in [5.41, 5.74) is 2.86. The van der Waals surface area contributed by atoms with Gasteiger partial charge >= 0.3 is 0 Å². The summed E-state index contributed by atoms with van der Waals surface area (Å²) in [5.74, 6) is 0. The van der Waals surface area contributed by atoms with Crippen LogP contribution in [0.5, 0.6) is 0 Å². The van der Waals surface area contributed by atoms with Crippen molar-refractivity contribution in [2.75, 3.05) is 6.54 Å². The second-order valence-electron chi connectivity index (χ2n) is 6.36. The molecular weight excluding hydrogens is 306 g/mol. The zero-order valence-electron chi connectivity index (χ0n) is 13.5. The fourth-order valence-corrected chi connectivity index (χ4v) is 4.64. The van der Waals surface area contributed by atoms with Gasteiger partial charge in [0.2, 0.25) is 10.0 Å². The monoisotopic (exact) mass is 327 g/mol. The third-order valence-electron chi connectivity index (χ3n) is 4.59. The molecule has 1 aliphatic heterocycles. The van der Waals surface area contributed by atoms with E-state index in [0.717, 1.165) is 16.7 Å². The van der Waals surface area contributed by atoms with Crippen molar-refractivity contribution in [2.24, 2.45) is 0 Å². The normalized spacial score (nSPS) is 21.7. The van der Waals surface area contributed by atoms with E-state index in [1.165, 1.54) is 0 Å².